The molecule has 0 amide bonds. The number of guanidine groups is 1. The van der Waals surface area contributed by atoms with E-state index in [-0.39, 0.29) is 5.82 Å². The van der Waals surface area contributed by atoms with Crippen molar-refractivity contribution in [2.75, 3.05) is 19.7 Å². The quantitative estimate of drug-likeness (QED) is 0.444. The van der Waals surface area contributed by atoms with Gasteiger partial charge in [-0.1, -0.05) is 48.5 Å². The van der Waals surface area contributed by atoms with Gasteiger partial charge in [-0.05, 0) is 18.6 Å². The fraction of sp³-hybridized carbons (Fsp3) is 0.316. The molecule has 4 nitrogen and oxygen atoms in total. The Morgan fingerprint density at radius 1 is 1.04 bits per heavy atom. The largest absolute Gasteiger partial charge is 0.375 e. The van der Waals surface area contributed by atoms with Crippen LogP contribution in [0.3, 0.4) is 0 Å². The molecule has 0 heterocycles. The van der Waals surface area contributed by atoms with Crippen LogP contribution in [0.25, 0.3) is 0 Å². The summed E-state index contributed by atoms with van der Waals surface area (Å²) < 4.78 is 19.2. The number of nitrogens with one attached hydrogen (secondary N) is 2. The highest BCUT2D eigenvalue weighted by Gasteiger charge is 2.01. The molecule has 0 saturated heterocycles. The second kappa shape index (κ2) is 10.4. The Balaban J connectivity index is 1.74. The summed E-state index contributed by atoms with van der Waals surface area (Å²) in [6.45, 7) is 4.83. The van der Waals surface area contributed by atoms with Gasteiger partial charge in [0.05, 0.1) is 19.8 Å². The minimum atomic E-state index is -0.233. The highest BCUT2D eigenvalue weighted by molar-refractivity contribution is 5.79. The van der Waals surface area contributed by atoms with Crippen LogP contribution in [0.15, 0.2) is 59.6 Å². The number of benzene rings is 2. The van der Waals surface area contributed by atoms with E-state index < -0.39 is 0 Å². The Morgan fingerprint density at radius 2 is 1.79 bits per heavy atom. The van der Waals surface area contributed by atoms with Crippen LogP contribution >= 0.6 is 0 Å². The molecule has 0 radical (unpaired) electrons. The highest BCUT2D eigenvalue weighted by Crippen LogP contribution is 2.07. The Labute approximate surface area is 142 Å². The zero-order chi connectivity index (χ0) is 17.0. The van der Waals surface area contributed by atoms with Gasteiger partial charge in [0.1, 0.15) is 5.82 Å². The summed E-state index contributed by atoms with van der Waals surface area (Å²) in [6.07, 6.45) is 0. The van der Waals surface area contributed by atoms with Gasteiger partial charge in [0.15, 0.2) is 5.96 Å². The van der Waals surface area contributed by atoms with Crippen LogP contribution in [-0.2, 0) is 17.9 Å². The van der Waals surface area contributed by atoms with Crippen molar-refractivity contribution in [2.45, 2.75) is 20.1 Å². The SMILES string of the molecule is CCNC(=NCc1ccccc1F)NCCOCc1ccccc1. The van der Waals surface area contributed by atoms with Crippen molar-refractivity contribution in [3.8, 4) is 0 Å². The lowest BCUT2D eigenvalue weighted by Gasteiger charge is -2.11. The predicted octanol–water partition coefficient (Wildman–Crippen LogP) is 3.10. The summed E-state index contributed by atoms with van der Waals surface area (Å²) in [5.41, 5.74) is 1.73. The van der Waals surface area contributed by atoms with Gasteiger partial charge in [-0.2, -0.15) is 0 Å². The minimum Gasteiger partial charge on any atom is -0.375 e. The first-order valence-corrected chi connectivity index (χ1v) is 8.17. The standard InChI is InChI=1S/C19H24FN3O/c1-2-21-19(23-14-17-10-6-7-11-18(17)20)22-12-13-24-15-16-8-4-3-5-9-16/h3-11H,2,12-15H2,1H3,(H2,21,22,23). The molecule has 0 aliphatic carbocycles. The molecule has 0 saturated carbocycles. The maximum absolute atomic E-state index is 13.6. The van der Waals surface area contributed by atoms with E-state index in [0.717, 1.165) is 12.1 Å². The molecule has 24 heavy (non-hydrogen) atoms. The van der Waals surface area contributed by atoms with Gasteiger partial charge in [0.25, 0.3) is 0 Å². The number of halogens is 1. The monoisotopic (exact) mass is 329 g/mol. The number of hydrogen-bond acceptors (Lipinski definition) is 2. The van der Waals surface area contributed by atoms with Gasteiger partial charge < -0.3 is 15.4 Å². The summed E-state index contributed by atoms with van der Waals surface area (Å²) in [6, 6.07) is 16.7. The summed E-state index contributed by atoms with van der Waals surface area (Å²) in [7, 11) is 0. The number of rotatable bonds is 8. The fourth-order valence-corrected chi connectivity index (χ4v) is 2.14. The van der Waals surface area contributed by atoms with Crippen LogP contribution in [0.2, 0.25) is 0 Å². The van der Waals surface area contributed by atoms with Crippen molar-refractivity contribution >= 4 is 5.96 Å². The van der Waals surface area contributed by atoms with Gasteiger partial charge in [-0.25, -0.2) is 9.38 Å². The Morgan fingerprint density at radius 3 is 2.54 bits per heavy atom. The van der Waals surface area contributed by atoms with Crippen LogP contribution in [0.1, 0.15) is 18.1 Å². The smallest absolute Gasteiger partial charge is 0.191 e. The Kier molecular flexibility index (Phi) is 7.77. The Bertz CT molecular complexity index is 632. The van der Waals surface area contributed by atoms with Crippen LogP contribution in [-0.4, -0.2) is 25.7 Å². The van der Waals surface area contributed by atoms with Crippen molar-refractivity contribution in [3.63, 3.8) is 0 Å². The molecule has 0 unspecified atom stereocenters. The van der Waals surface area contributed by atoms with Gasteiger partial charge in [0.2, 0.25) is 0 Å². The predicted molar refractivity (Wildman–Crippen MR) is 95.3 cm³/mol. The third kappa shape index (κ3) is 6.38. The molecule has 0 aromatic heterocycles. The van der Waals surface area contributed by atoms with Gasteiger partial charge in [0, 0.05) is 18.7 Å². The maximum Gasteiger partial charge on any atom is 0.191 e. The Hall–Kier alpha value is -2.40. The lowest BCUT2D eigenvalue weighted by Crippen LogP contribution is -2.39. The van der Waals surface area contributed by atoms with Crippen molar-refractivity contribution in [1.82, 2.24) is 10.6 Å². The zero-order valence-corrected chi connectivity index (χ0v) is 14.0. The van der Waals surface area contributed by atoms with Gasteiger partial charge >= 0.3 is 0 Å². The van der Waals surface area contributed by atoms with Crippen molar-refractivity contribution < 1.29 is 9.13 Å². The third-order valence-electron chi connectivity index (χ3n) is 3.36. The van der Waals surface area contributed by atoms with E-state index in [0.29, 0.717) is 37.8 Å². The van der Waals surface area contributed by atoms with E-state index in [1.165, 1.54) is 6.07 Å². The number of ether oxygens (including phenoxy) is 1. The lowest BCUT2D eigenvalue weighted by molar-refractivity contribution is 0.125. The average molecular weight is 329 g/mol. The topological polar surface area (TPSA) is 45.7 Å². The number of nitrogens with zero attached hydrogens (tertiary/aromatic N) is 1. The maximum atomic E-state index is 13.6. The summed E-state index contributed by atoms with van der Waals surface area (Å²) >= 11 is 0. The first-order chi connectivity index (χ1) is 11.8. The molecular formula is C19H24FN3O. The molecule has 2 N–H and O–H groups in total. The van der Waals surface area contributed by atoms with Crippen molar-refractivity contribution in [3.05, 3.63) is 71.5 Å². The first-order valence-electron chi connectivity index (χ1n) is 8.17. The van der Waals surface area contributed by atoms with E-state index in [4.69, 9.17) is 4.74 Å². The molecule has 5 heteroatoms. The fourth-order valence-electron chi connectivity index (χ4n) is 2.14. The first kappa shape index (κ1) is 17.9. The van der Waals surface area contributed by atoms with E-state index in [2.05, 4.69) is 15.6 Å². The summed E-state index contributed by atoms with van der Waals surface area (Å²) in [5.74, 6) is 0.423. The normalized spacial score (nSPS) is 11.3. The highest BCUT2D eigenvalue weighted by atomic mass is 19.1. The zero-order valence-electron chi connectivity index (χ0n) is 14.0. The molecule has 0 atom stereocenters. The molecule has 0 spiro atoms. The molecule has 2 rings (SSSR count). The molecule has 0 aliphatic rings. The third-order valence-corrected chi connectivity index (χ3v) is 3.36. The lowest BCUT2D eigenvalue weighted by atomic mass is 10.2. The van der Waals surface area contributed by atoms with E-state index in [1.54, 1.807) is 12.1 Å². The molecule has 0 aliphatic heterocycles. The second-order valence-corrected chi connectivity index (χ2v) is 5.25. The van der Waals surface area contributed by atoms with E-state index >= 15 is 0 Å². The van der Waals surface area contributed by atoms with E-state index in [9.17, 15) is 4.39 Å². The number of hydrogen-bond donors (Lipinski definition) is 2. The molecule has 2 aromatic rings. The van der Waals surface area contributed by atoms with Crippen LogP contribution < -0.4 is 10.6 Å². The van der Waals surface area contributed by atoms with Crippen molar-refractivity contribution in [2.24, 2.45) is 4.99 Å². The molecule has 0 fully saturated rings. The summed E-state index contributed by atoms with van der Waals surface area (Å²) in [4.78, 5) is 4.40. The average Bonchev–Trinajstić information content (AvgIpc) is 2.61. The van der Waals surface area contributed by atoms with Crippen molar-refractivity contribution in [1.29, 1.82) is 0 Å². The molecular weight excluding hydrogens is 305 g/mol. The number of aliphatic imine (C=N–C) groups is 1. The molecule has 0 bridgehead atoms. The van der Waals surface area contributed by atoms with E-state index in [1.807, 2.05) is 43.3 Å². The molecule has 2 aromatic carbocycles. The minimum absolute atomic E-state index is 0.233. The molecule has 128 valence electrons. The van der Waals surface area contributed by atoms with Crippen LogP contribution in [0.4, 0.5) is 4.39 Å². The van der Waals surface area contributed by atoms with Gasteiger partial charge in [-0.15, -0.1) is 0 Å². The van der Waals surface area contributed by atoms with Gasteiger partial charge in [-0.3, -0.25) is 0 Å². The summed E-state index contributed by atoms with van der Waals surface area (Å²) in [5, 5.41) is 6.33. The van der Waals surface area contributed by atoms with Crippen LogP contribution in [0, 0.1) is 5.82 Å². The van der Waals surface area contributed by atoms with Crippen LogP contribution in [0.5, 0.6) is 0 Å². The second-order valence-electron chi connectivity index (χ2n) is 5.25.